The summed E-state index contributed by atoms with van der Waals surface area (Å²) in [6.07, 6.45) is 3.28. The molecule has 0 aliphatic carbocycles. The second-order valence-electron chi connectivity index (χ2n) is 7.70. The lowest BCUT2D eigenvalue weighted by Crippen LogP contribution is -2.40. The standard InChI is InChI=1S/C26H26N2O4S/c29-26(14-11-21-5-4-8-24(19-21)23-6-2-1-3-7-23)27-20-22-9-12-25(13-10-22)33(30,31)28-15-17-32-18-16-28/h1-14,19H,15-18,20H2,(H,27,29). The molecule has 1 aliphatic rings. The summed E-state index contributed by atoms with van der Waals surface area (Å²) in [6.45, 7) is 1.85. The third kappa shape index (κ3) is 5.96. The first kappa shape index (κ1) is 22.9. The first-order valence-electron chi connectivity index (χ1n) is 10.8. The second kappa shape index (κ2) is 10.6. The van der Waals surface area contributed by atoms with Crippen LogP contribution in [0, 0.1) is 0 Å². The van der Waals surface area contributed by atoms with E-state index in [9.17, 15) is 13.2 Å². The molecule has 0 atom stereocenters. The van der Waals surface area contributed by atoms with Gasteiger partial charge in [-0.1, -0.05) is 60.7 Å². The highest BCUT2D eigenvalue weighted by Gasteiger charge is 2.26. The van der Waals surface area contributed by atoms with E-state index in [0.717, 1.165) is 22.3 Å². The molecule has 0 saturated carbocycles. The van der Waals surface area contributed by atoms with Crippen molar-refractivity contribution in [1.29, 1.82) is 0 Å². The molecule has 1 N–H and O–H groups in total. The van der Waals surface area contributed by atoms with Crippen LogP contribution in [0.25, 0.3) is 17.2 Å². The van der Waals surface area contributed by atoms with Gasteiger partial charge in [0.15, 0.2) is 0 Å². The van der Waals surface area contributed by atoms with E-state index in [1.807, 2.05) is 54.6 Å². The van der Waals surface area contributed by atoms with Crippen molar-refractivity contribution in [2.45, 2.75) is 11.4 Å². The van der Waals surface area contributed by atoms with Gasteiger partial charge in [0.25, 0.3) is 0 Å². The number of rotatable bonds is 7. The fourth-order valence-electron chi connectivity index (χ4n) is 3.59. The van der Waals surface area contributed by atoms with Gasteiger partial charge >= 0.3 is 0 Å². The van der Waals surface area contributed by atoms with Crippen molar-refractivity contribution < 1.29 is 17.9 Å². The van der Waals surface area contributed by atoms with Gasteiger partial charge in [0, 0.05) is 25.7 Å². The SMILES string of the molecule is O=C(C=Cc1cccc(-c2ccccc2)c1)NCc1ccc(S(=O)(=O)N2CCOCC2)cc1. The summed E-state index contributed by atoms with van der Waals surface area (Å²) < 4.78 is 32.0. The first-order valence-corrected chi connectivity index (χ1v) is 12.2. The fraction of sp³-hybridized carbons (Fsp3) is 0.192. The zero-order valence-corrected chi connectivity index (χ0v) is 19.0. The molecule has 0 unspecified atom stereocenters. The molecule has 1 fully saturated rings. The molecule has 7 heteroatoms. The van der Waals surface area contributed by atoms with Crippen molar-refractivity contribution in [1.82, 2.24) is 9.62 Å². The molecule has 1 heterocycles. The molecule has 4 rings (SSSR count). The maximum absolute atomic E-state index is 12.7. The lowest BCUT2D eigenvalue weighted by molar-refractivity contribution is -0.116. The van der Waals surface area contributed by atoms with Crippen molar-refractivity contribution in [2.24, 2.45) is 0 Å². The third-order valence-corrected chi connectivity index (χ3v) is 7.33. The Hall–Kier alpha value is -3.26. The Bertz CT molecular complexity index is 1220. The van der Waals surface area contributed by atoms with Gasteiger partial charge in [-0.25, -0.2) is 8.42 Å². The van der Waals surface area contributed by atoms with Crippen molar-refractivity contribution in [3.05, 3.63) is 96.1 Å². The molecule has 0 aromatic heterocycles. The highest BCUT2D eigenvalue weighted by Crippen LogP contribution is 2.21. The Morgan fingerprint density at radius 3 is 2.33 bits per heavy atom. The smallest absolute Gasteiger partial charge is 0.244 e. The summed E-state index contributed by atoms with van der Waals surface area (Å²) >= 11 is 0. The van der Waals surface area contributed by atoms with Crippen LogP contribution in [0.2, 0.25) is 0 Å². The number of benzene rings is 3. The molecule has 170 valence electrons. The Labute approximate surface area is 194 Å². The lowest BCUT2D eigenvalue weighted by atomic mass is 10.0. The highest BCUT2D eigenvalue weighted by atomic mass is 32.2. The van der Waals surface area contributed by atoms with E-state index in [1.54, 1.807) is 30.3 Å². The van der Waals surface area contributed by atoms with Gasteiger partial charge in [0.05, 0.1) is 18.1 Å². The maximum Gasteiger partial charge on any atom is 0.244 e. The summed E-state index contributed by atoms with van der Waals surface area (Å²) in [4.78, 5) is 12.5. The minimum Gasteiger partial charge on any atom is -0.379 e. The number of morpholine rings is 1. The average molecular weight is 463 g/mol. The van der Waals surface area contributed by atoms with Gasteiger partial charge in [-0.3, -0.25) is 4.79 Å². The lowest BCUT2D eigenvalue weighted by Gasteiger charge is -2.26. The van der Waals surface area contributed by atoms with Crippen molar-refractivity contribution in [3.63, 3.8) is 0 Å². The molecule has 0 bridgehead atoms. The third-order valence-electron chi connectivity index (χ3n) is 5.42. The van der Waals surface area contributed by atoms with Crippen molar-refractivity contribution in [3.8, 4) is 11.1 Å². The number of ether oxygens (including phenoxy) is 1. The van der Waals surface area contributed by atoms with Crippen LogP contribution in [0.3, 0.4) is 0 Å². The average Bonchev–Trinajstić information content (AvgIpc) is 2.88. The summed E-state index contributed by atoms with van der Waals surface area (Å²) in [7, 11) is -3.52. The number of carbonyl (C=O) groups is 1. The highest BCUT2D eigenvalue weighted by molar-refractivity contribution is 7.89. The van der Waals surface area contributed by atoms with Crippen LogP contribution in [0.5, 0.6) is 0 Å². The van der Waals surface area contributed by atoms with Crippen LogP contribution in [-0.4, -0.2) is 44.9 Å². The summed E-state index contributed by atoms with van der Waals surface area (Å²) in [5.41, 5.74) is 3.97. The van der Waals surface area contributed by atoms with E-state index >= 15 is 0 Å². The Morgan fingerprint density at radius 2 is 1.61 bits per heavy atom. The number of carbonyl (C=O) groups excluding carboxylic acids is 1. The van der Waals surface area contributed by atoms with Gasteiger partial charge in [0.2, 0.25) is 15.9 Å². The van der Waals surface area contributed by atoms with E-state index in [2.05, 4.69) is 5.32 Å². The zero-order chi connectivity index (χ0) is 23.1. The predicted octanol–water partition coefficient (Wildman–Crippen LogP) is 3.70. The molecular weight excluding hydrogens is 436 g/mol. The molecule has 33 heavy (non-hydrogen) atoms. The molecule has 1 saturated heterocycles. The summed E-state index contributed by atoms with van der Waals surface area (Å²) in [6, 6.07) is 24.7. The molecule has 3 aromatic carbocycles. The number of hydrogen-bond donors (Lipinski definition) is 1. The fourth-order valence-corrected chi connectivity index (χ4v) is 5.00. The van der Waals surface area contributed by atoms with E-state index < -0.39 is 10.0 Å². The number of nitrogens with zero attached hydrogens (tertiary/aromatic N) is 1. The van der Waals surface area contributed by atoms with Crippen LogP contribution in [0.1, 0.15) is 11.1 Å². The van der Waals surface area contributed by atoms with E-state index in [1.165, 1.54) is 10.4 Å². The molecule has 6 nitrogen and oxygen atoms in total. The molecule has 1 amide bonds. The summed E-state index contributed by atoms with van der Waals surface area (Å²) in [5, 5.41) is 2.83. The number of hydrogen-bond acceptors (Lipinski definition) is 4. The summed E-state index contributed by atoms with van der Waals surface area (Å²) in [5.74, 6) is -0.217. The monoisotopic (exact) mass is 462 g/mol. The van der Waals surface area contributed by atoms with Gasteiger partial charge < -0.3 is 10.1 Å². The van der Waals surface area contributed by atoms with Crippen LogP contribution in [0.4, 0.5) is 0 Å². The molecule has 0 radical (unpaired) electrons. The molecular formula is C26H26N2O4S. The molecule has 1 aliphatic heterocycles. The topological polar surface area (TPSA) is 75.7 Å². The normalized spacial score (nSPS) is 14.9. The quantitative estimate of drug-likeness (QED) is 0.543. The van der Waals surface area contributed by atoms with Crippen molar-refractivity contribution in [2.75, 3.05) is 26.3 Å². The van der Waals surface area contributed by atoms with Gasteiger partial charge in [-0.15, -0.1) is 0 Å². The first-order chi connectivity index (χ1) is 16.0. The Kier molecular flexibility index (Phi) is 7.34. The van der Waals surface area contributed by atoms with Gasteiger partial charge in [-0.2, -0.15) is 4.31 Å². The zero-order valence-electron chi connectivity index (χ0n) is 18.2. The van der Waals surface area contributed by atoms with Crippen LogP contribution in [-0.2, 0) is 26.1 Å². The number of amides is 1. The number of nitrogens with one attached hydrogen (secondary N) is 1. The largest absolute Gasteiger partial charge is 0.379 e. The number of sulfonamides is 1. The van der Waals surface area contributed by atoms with E-state index in [-0.39, 0.29) is 10.8 Å². The Morgan fingerprint density at radius 1 is 0.909 bits per heavy atom. The molecule has 0 spiro atoms. The maximum atomic E-state index is 12.7. The molecule has 3 aromatic rings. The second-order valence-corrected chi connectivity index (χ2v) is 9.64. The van der Waals surface area contributed by atoms with Crippen molar-refractivity contribution >= 4 is 22.0 Å². The van der Waals surface area contributed by atoms with Crippen LogP contribution < -0.4 is 5.32 Å². The minimum atomic E-state index is -3.52. The van der Waals surface area contributed by atoms with Gasteiger partial charge in [0.1, 0.15) is 0 Å². The van der Waals surface area contributed by atoms with E-state index in [0.29, 0.717) is 32.8 Å². The van der Waals surface area contributed by atoms with Crippen LogP contribution in [0.15, 0.2) is 89.8 Å². The predicted molar refractivity (Wildman–Crippen MR) is 129 cm³/mol. The van der Waals surface area contributed by atoms with Crippen LogP contribution >= 0.6 is 0 Å². The van der Waals surface area contributed by atoms with Gasteiger partial charge in [-0.05, 0) is 46.5 Å². The Balaban J connectivity index is 1.33. The van der Waals surface area contributed by atoms with E-state index in [4.69, 9.17) is 4.74 Å². The minimum absolute atomic E-state index is 0.217.